The third kappa shape index (κ3) is 6.04. The van der Waals surface area contributed by atoms with Crippen LogP contribution in [-0.4, -0.2) is 33.4 Å². The largest absolute Gasteiger partial charge is 0.351 e. The molecule has 0 saturated carbocycles. The molecule has 2 aromatic carbocycles. The molecule has 6 heteroatoms. The Morgan fingerprint density at radius 3 is 2.40 bits per heavy atom. The van der Waals surface area contributed by atoms with Crippen LogP contribution in [0.5, 0.6) is 0 Å². The van der Waals surface area contributed by atoms with Crippen molar-refractivity contribution in [3.05, 3.63) is 59.0 Å². The molecule has 0 unspecified atom stereocenters. The molecular weight excluding hydrogens is 452 g/mol. The third-order valence-electron chi connectivity index (χ3n) is 6.45. The second-order valence-corrected chi connectivity index (χ2v) is 11.3. The first-order chi connectivity index (χ1) is 16.9. The number of carbonyl (C=O) groups is 1. The first-order valence-corrected chi connectivity index (χ1v) is 13.7. The van der Waals surface area contributed by atoms with Crippen LogP contribution in [0.4, 0.5) is 5.95 Å². The highest BCUT2D eigenvalue weighted by Crippen LogP contribution is 2.27. The molecule has 0 aliphatic carbocycles. The summed E-state index contributed by atoms with van der Waals surface area (Å²) in [5.74, 6) is 2.11. The fourth-order valence-corrected chi connectivity index (χ4v) is 5.33. The van der Waals surface area contributed by atoms with E-state index in [2.05, 4.69) is 74.8 Å². The number of carbonyl (C=O) groups excluding carboxylic acids is 1. The number of nitrogens with zero attached hydrogens (tertiary/aromatic N) is 3. The third-order valence-corrected chi connectivity index (χ3v) is 7.56. The number of benzene rings is 2. The van der Waals surface area contributed by atoms with Crippen LogP contribution < -0.4 is 5.32 Å². The molecule has 4 aromatic rings. The van der Waals surface area contributed by atoms with Gasteiger partial charge in [0.25, 0.3) is 5.91 Å². The van der Waals surface area contributed by atoms with Crippen molar-refractivity contribution >= 4 is 44.3 Å². The van der Waals surface area contributed by atoms with Crippen LogP contribution in [-0.2, 0) is 13.1 Å². The van der Waals surface area contributed by atoms with Crippen molar-refractivity contribution in [3.63, 3.8) is 0 Å². The van der Waals surface area contributed by atoms with Crippen molar-refractivity contribution in [2.45, 2.75) is 60.5 Å². The molecule has 0 aliphatic rings. The topological polar surface area (TPSA) is 50.2 Å². The van der Waals surface area contributed by atoms with Gasteiger partial charge in [0.1, 0.15) is 0 Å². The molecule has 0 aliphatic heterocycles. The maximum atomic E-state index is 13.5. The van der Waals surface area contributed by atoms with Gasteiger partial charge in [-0.25, -0.2) is 4.98 Å². The second kappa shape index (κ2) is 11.3. The van der Waals surface area contributed by atoms with Crippen LogP contribution in [0, 0.1) is 11.8 Å². The van der Waals surface area contributed by atoms with Gasteiger partial charge in [-0.1, -0.05) is 45.9 Å². The number of hydrogen-bond acceptors (Lipinski definition) is 4. The Labute approximate surface area is 213 Å². The van der Waals surface area contributed by atoms with E-state index in [1.807, 2.05) is 34.4 Å². The maximum Gasteiger partial charge on any atom is 0.253 e. The smallest absolute Gasteiger partial charge is 0.253 e. The quantitative estimate of drug-likeness (QED) is 0.238. The summed E-state index contributed by atoms with van der Waals surface area (Å²) in [6.45, 7) is 14.1. The number of nitrogens with one attached hydrogen (secondary N) is 1. The van der Waals surface area contributed by atoms with E-state index in [9.17, 15) is 4.79 Å². The highest BCUT2D eigenvalue weighted by molar-refractivity contribution is 7.19. The number of aryl methyl sites for hydroxylation is 1. The molecular formula is C29H38N4OS. The molecule has 2 heterocycles. The summed E-state index contributed by atoms with van der Waals surface area (Å²) < 4.78 is 3.47. The van der Waals surface area contributed by atoms with E-state index >= 15 is 0 Å². The number of amides is 1. The summed E-state index contributed by atoms with van der Waals surface area (Å²) in [5.41, 5.74) is 2.67. The van der Waals surface area contributed by atoms with E-state index in [1.165, 1.54) is 15.0 Å². The number of imidazole rings is 1. The summed E-state index contributed by atoms with van der Waals surface area (Å²) in [5, 5.41) is 4.81. The van der Waals surface area contributed by atoms with E-state index in [-0.39, 0.29) is 5.91 Å². The zero-order chi connectivity index (χ0) is 24.9. The van der Waals surface area contributed by atoms with Crippen LogP contribution in [0.1, 0.15) is 62.7 Å². The van der Waals surface area contributed by atoms with Crippen LogP contribution in [0.3, 0.4) is 0 Å². The van der Waals surface area contributed by atoms with Gasteiger partial charge in [-0.05, 0) is 67.3 Å². The molecule has 0 fully saturated rings. The van der Waals surface area contributed by atoms with Gasteiger partial charge < -0.3 is 14.8 Å². The lowest BCUT2D eigenvalue weighted by Crippen LogP contribution is -2.34. The minimum atomic E-state index is 0.122. The number of hydrogen-bond donors (Lipinski definition) is 1. The molecule has 1 amide bonds. The molecule has 0 bridgehead atoms. The van der Waals surface area contributed by atoms with Gasteiger partial charge in [-0.15, -0.1) is 11.3 Å². The molecule has 5 nitrogen and oxygen atoms in total. The summed E-state index contributed by atoms with van der Waals surface area (Å²) in [7, 11) is 0. The Morgan fingerprint density at radius 2 is 1.74 bits per heavy atom. The van der Waals surface area contributed by atoms with E-state index < -0.39 is 0 Å². The number of rotatable bonds is 11. The Balaban J connectivity index is 1.55. The first kappa shape index (κ1) is 25.2. The molecule has 2 aromatic heterocycles. The van der Waals surface area contributed by atoms with Crippen molar-refractivity contribution < 1.29 is 4.79 Å². The summed E-state index contributed by atoms with van der Waals surface area (Å²) >= 11 is 1.81. The van der Waals surface area contributed by atoms with Crippen molar-refractivity contribution in [1.29, 1.82) is 0 Å². The van der Waals surface area contributed by atoms with Crippen molar-refractivity contribution in [2.24, 2.45) is 11.8 Å². The fourth-order valence-electron chi connectivity index (χ4n) is 4.33. The molecule has 0 radical (unpaired) electrons. The number of anilines is 1. The maximum absolute atomic E-state index is 13.5. The predicted molar refractivity (Wildman–Crippen MR) is 149 cm³/mol. The SMILES string of the molecule is CCn1c(NCc2cc3ccccc3s2)nc2ccc(C(=O)N(CCC(C)C)CCC(C)C)cc21. The van der Waals surface area contributed by atoms with Crippen molar-refractivity contribution in [1.82, 2.24) is 14.5 Å². The van der Waals surface area contributed by atoms with Crippen LogP contribution >= 0.6 is 11.3 Å². The summed E-state index contributed by atoms with van der Waals surface area (Å²) in [6, 6.07) is 16.7. The Hall–Kier alpha value is -2.86. The van der Waals surface area contributed by atoms with E-state index in [1.54, 1.807) is 0 Å². The molecule has 4 rings (SSSR count). The average Bonchev–Trinajstić information content (AvgIpc) is 3.41. The molecule has 0 saturated heterocycles. The molecule has 1 N–H and O–H groups in total. The van der Waals surface area contributed by atoms with Crippen LogP contribution in [0.2, 0.25) is 0 Å². The minimum Gasteiger partial charge on any atom is -0.351 e. The van der Waals surface area contributed by atoms with Crippen LogP contribution in [0.15, 0.2) is 48.5 Å². The van der Waals surface area contributed by atoms with Gasteiger partial charge >= 0.3 is 0 Å². The second-order valence-electron chi connectivity index (χ2n) is 10.1. The lowest BCUT2D eigenvalue weighted by Gasteiger charge is -2.24. The fraction of sp³-hybridized carbons (Fsp3) is 0.448. The van der Waals surface area contributed by atoms with E-state index in [4.69, 9.17) is 4.98 Å². The molecule has 0 atom stereocenters. The van der Waals surface area contributed by atoms with Gasteiger partial charge in [-0.3, -0.25) is 4.79 Å². The molecule has 186 valence electrons. The van der Waals surface area contributed by atoms with E-state index in [0.717, 1.165) is 61.6 Å². The van der Waals surface area contributed by atoms with Gasteiger partial charge in [0.2, 0.25) is 5.95 Å². The van der Waals surface area contributed by atoms with Gasteiger partial charge in [-0.2, -0.15) is 0 Å². The van der Waals surface area contributed by atoms with Crippen molar-refractivity contribution in [2.75, 3.05) is 18.4 Å². The Morgan fingerprint density at radius 1 is 1.03 bits per heavy atom. The standard InChI is InChI=1S/C29H38N4OS/c1-6-33-26-18-23(28(34)32(15-13-20(2)3)16-14-21(4)5)11-12-25(26)31-29(33)30-19-24-17-22-9-7-8-10-27(22)35-24/h7-12,17-18,20-21H,6,13-16,19H2,1-5H3,(H,30,31). The summed E-state index contributed by atoms with van der Waals surface area (Å²) in [6.07, 6.45) is 2.04. The molecule has 35 heavy (non-hydrogen) atoms. The lowest BCUT2D eigenvalue weighted by atomic mass is 10.1. The monoisotopic (exact) mass is 490 g/mol. The highest BCUT2D eigenvalue weighted by Gasteiger charge is 2.19. The average molecular weight is 491 g/mol. The minimum absolute atomic E-state index is 0.122. The Kier molecular flexibility index (Phi) is 8.11. The zero-order valence-electron chi connectivity index (χ0n) is 21.7. The lowest BCUT2D eigenvalue weighted by molar-refractivity contribution is 0.0741. The Bertz CT molecular complexity index is 1240. The van der Waals surface area contributed by atoms with Gasteiger partial charge in [0, 0.05) is 34.8 Å². The highest BCUT2D eigenvalue weighted by atomic mass is 32.1. The normalized spacial score (nSPS) is 11.7. The number of fused-ring (bicyclic) bond motifs is 2. The number of thiophene rings is 1. The van der Waals surface area contributed by atoms with Crippen LogP contribution in [0.25, 0.3) is 21.1 Å². The van der Waals surface area contributed by atoms with Gasteiger partial charge in [0.15, 0.2) is 0 Å². The first-order valence-electron chi connectivity index (χ1n) is 12.9. The van der Waals surface area contributed by atoms with Crippen molar-refractivity contribution in [3.8, 4) is 0 Å². The molecule has 0 spiro atoms. The number of aromatic nitrogens is 2. The zero-order valence-corrected chi connectivity index (χ0v) is 22.5. The predicted octanol–water partition coefficient (Wildman–Crippen LogP) is 7.42. The van der Waals surface area contributed by atoms with E-state index in [0.29, 0.717) is 11.8 Å². The van der Waals surface area contributed by atoms with Gasteiger partial charge in [0.05, 0.1) is 17.6 Å². The summed E-state index contributed by atoms with van der Waals surface area (Å²) in [4.78, 5) is 21.7.